The van der Waals surface area contributed by atoms with Gasteiger partial charge >= 0.3 is 17.6 Å². The van der Waals surface area contributed by atoms with Gasteiger partial charge in [-0.05, 0) is 13.8 Å². The highest BCUT2D eigenvalue weighted by Gasteiger charge is 2.50. The Hall–Kier alpha value is -2.01. The van der Waals surface area contributed by atoms with Crippen LogP contribution in [0.4, 0.5) is 4.39 Å². The van der Waals surface area contributed by atoms with Crippen molar-refractivity contribution in [3.05, 3.63) is 32.9 Å². The molecule has 1 saturated heterocycles. The van der Waals surface area contributed by atoms with Crippen molar-refractivity contribution in [2.24, 2.45) is 5.92 Å². The van der Waals surface area contributed by atoms with E-state index in [1.54, 1.807) is 13.8 Å². The summed E-state index contributed by atoms with van der Waals surface area (Å²) in [6.45, 7) is 3.52. The highest BCUT2D eigenvalue weighted by atomic mass is 79.9. The zero-order valence-electron chi connectivity index (χ0n) is 14.1. The van der Waals surface area contributed by atoms with Crippen molar-refractivity contribution in [3.63, 3.8) is 0 Å². The van der Waals surface area contributed by atoms with E-state index in [0.717, 1.165) is 4.57 Å². The summed E-state index contributed by atoms with van der Waals surface area (Å²) in [5.74, 6) is -3.35. The van der Waals surface area contributed by atoms with E-state index in [1.807, 2.05) is 4.98 Å². The van der Waals surface area contributed by atoms with E-state index in [9.17, 15) is 23.6 Å². The van der Waals surface area contributed by atoms with Crippen molar-refractivity contribution in [1.82, 2.24) is 9.55 Å². The van der Waals surface area contributed by atoms with Crippen LogP contribution in [0.25, 0.3) is 0 Å². The maximum absolute atomic E-state index is 13.6. The van der Waals surface area contributed by atoms with Gasteiger partial charge in [0.2, 0.25) is 5.82 Å². The highest BCUT2D eigenvalue weighted by Crippen LogP contribution is 2.40. The maximum atomic E-state index is 13.6. The minimum atomic E-state index is -1.19. The molecule has 4 atom stereocenters. The van der Waals surface area contributed by atoms with Gasteiger partial charge in [0, 0.05) is 0 Å². The number of nitrogens with zero attached hydrogens (tertiary/aromatic N) is 1. The molecule has 1 aliphatic rings. The van der Waals surface area contributed by atoms with Gasteiger partial charge in [-0.3, -0.25) is 23.9 Å². The molecule has 0 aliphatic carbocycles. The van der Waals surface area contributed by atoms with Gasteiger partial charge < -0.3 is 14.2 Å². The van der Waals surface area contributed by atoms with Gasteiger partial charge in [-0.15, -0.1) is 0 Å². The van der Waals surface area contributed by atoms with Crippen molar-refractivity contribution in [2.75, 3.05) is 13.2 Å². The summed E-state index contributed by atoms with van der Waals surface area (Å²) >= 11 is 3.27. The molecule has 1 aromatic heterocycles. The van der Waals surface area contributed by atoms with Gasteiger partial charge in [0.1, 0.15) is 5.92 Å². The highest BCUT2D eigenvalue weighted by molar-refractivity contribution is 9.09. The van der Waals surface area contributed by atoms with Crippen LogP contribution in [0.2, 0.25) is 0 Å². The minimum Gasteiger partial charge on any atom is -0.466 e. The Labute approximate surface area is 155 Å². The van der Waals surface area contributed by atoms with Gasteiger partial charge in [-0.1, -0.05) is 15.9 Å². The summed E-state index contributed by atoms with van der Waals surface area (Å²) in [5, 5.41) is 0. The monoisotopic (exact) mass is 436 g/mol. The first kappa shape index (κ1) is 20.3. The minimum absolute atomic E-state index is 0.110. The predicted molar refractivity (Wildman–Crippen MR) is 89.3 cm³/mol. The number of esters is 2. The van der Waals surface area contributed by atoms with Crippen LogP contribution in [0.15, 0.2) is 15.8 Å². The van der Waals surface area contributed by atoms with E-state index in [-0.39, 0.29) is 19.6 Å². The fourth-order valence-corrected chi connectivity index (χ4v) is 3.61. The zero-order valence-corrected chi connectivity index (χ0v) is 15.7. The molecule has 2 rings (SSSR count). The molecule has 0 unspecified atom stereocenters. The first-order valence-corrected chi connectivity index (χ1v) is 8.84. The van der Waals surface area contributed by atoms with E-state index in [0.29, 0.717) is 6.20 Å². The van der Waals surface area contributed by atoms with Crippen LogP contribution in [-0.4, -0.2) is 45.6 Å². The van der Waals surface area contributed by atoms with Crippen LogP contribution in [0, 0.1) is 11.7 Å². The lowest BCUT2D eigenvalue weighted by molar-refractivity contribution is -0.153. The molecule has 1 aliphatic heterocycles. The molecule has 0 saturated carbocycles. The molecule has 144 valence electrons. The topological polar surface area (TPSA) is 117 Å². The fraction of sp³-hybridized carbons (Fsp3) is 0.600. The molecule has 1 N–H and O–H groups in total. The quantitative estimate of drug-likeness (QED) is 0.508. The molecule has 0 radical (unpaired) electrons. The number of hydrogen-bond acceptors (Lipinski definition) is 7. The summed E-state index contributed by atoms with van der Waals surface area (Å²) in [7, 11) is 0. The molecule has 9 nitrogen and oxygen atoms in total. The van der Waals surface area contributed by atoms with E-state index in [2.05, 4.69) is 15.9 Å². The number of halogens is 2. The average Bonchev–Trinajstić information content (AvgIpc) is 2.87. The number of aromatic amines is 1. The second-order valence-corrected chi connectivity index (χ2v) is 6.50. The van der Waals surface area contributed by atoms with Gasteiger partial charge in [0.05, 0.1) is 36.8 Å². The summed E-state index contributed by atoms with van der Waals surface area (Å²) in [4.78, 5) is 48.3. The largest absolute Gasteiger partial charge is 0.466 e. The lowest BCUT2D eigenvalue weighted by Gasteiger charge is -2.18. The second kappa shape index (κ2) is 8.58. The average molecular weight is 437 g/mol. The van der Waals surface area contributed by atoms with Gasteiger partial charge in [-0.25, -0.2) is 4.79 Å². The number of alkyl halides is 1. The summed E-state index contributed by atoms with van der Waals surface area (Å²) in [5.41, 5.74) is -2.08. The molecule has 0 aromatic carbocycles. The van der Waals surface area contributed by atoms with Gasteiger partial charge in [0.15, 0.2) is 6.23 Å². The second-order valence-electron chi connectivity index (χ2n) is 5.44. The third-order valence-electron chi connectivity index (χ3n) is 3.76. The van der Waals surface area contributed by atoms with Crippen LogP contribution in [0.5, 0.6) is 0 Å². The Balaban J connectivity index is 2.36. The smallest absolute Gasteiger partial charge is 0.330 e. The third-order valence-corrected chi connectivity index (χ3v) is 4.78. The van der Waals surface area contributed by atoms with Crippen molar-refractivity contribution >= 4 is 27.9 Å². The van der Waals surface area contributed by atoms with E-state index < -0.39 is 52.1 Å². The zero-order chi connectivity index (χ0) is 19.4. The summed E-state index contributed by atoms with van der Waals surface area (Å²) in [6, 6.07) is 0. The number of rotatable bonds is 6. The summed E-state index contributed by atoms with van der Waals surface area (Å²) < 4.78 is 29.9. The van der Waals surface area contributed by atoms with Crippen LogP contribution < -0.4 is 11.2 Å². The van der Waals surface area contributed by atoms with E-state index in [1.165, 1.54) is 0 Å². The Kier molecular flexibility index (Phi) is 6.70. The maximum Gasteiger partial charge on any atom is 0.330 e. The Morgan fingerprint density at radius 1 is 1.31 bits per heavy atom. The van der Waals surface area contributed by atoms with Gasteiger partial charge in [0.25, 0.3) is 5.56 Å². The number of carbonyl (C=O) groups is 2. The Morgan fingerprint density at radius 2 is 1.96 bits per heavy atom. The Bertz CT molecular complexity index is 793. The van der Waals surface area contributed by atoms with Crippen molar-refractivity contribution < 1.29 is 28.2 Å². The van der Waals surface area contributed by atoms with Crippen molar-refractivity contribution in [3.8, 4) is 0 Å². The van der Waals surface area contributed by atoms with Crippen LogP contribution in [0.1, 0.15) is 26.5 Å². The lowest BCUT2D eigenvalue weighted by Crippen LogP contribution is -2.37. The van der Waals surface area contributed by atoms with Crippen LogP contribution >= 0.6 is 15.9 Å². The molecule has 2 heterocycles. The fourth-order valence-electron chi connectivity index (χ4n) is 2.67. The standard InChI is InChI=1S/C15H18BrFN2O7/c1-3-24-9(20)5-8-10(14(22)25-4-2)11(16)13(26-8)19-6-7(17)12(21)18-15(19)23/h6,8,10-11,13H,3-5H2,1-2H3,(H,18,21,23)/t8-,10-,11+,13-/m1/s1. The first-order chi connectivity index (χ1) is 12.3. The molecule has 1 fully saturated rings. The molecular weight excluding hydrogens is 419 g/mol. The SMILES string of the molecule is CCOC(=O)C[C@H]1O[C@@H](n2cc(F)c(=O)[nH]c2=O)[C@@H](Br)[C@@H]1C(=O)OCC. The molecule has 1 aromatic rings. The number of H-pyrrole nitrogens is 1. The molecule has 11 heteroatoms. The normalized spacial score (nSPS) is 25.1. The molecule has 26 heavy (non-hydrogen) atoms. The number of nitrogens with one attached hydrogen (secondary N) is 1. The molecule has 0 amide bonds. The van der Waals surface area contributed by atoms with Crippen molar-refractivity contribution in [2.45, 2.75) is 37.4 Å². The van der Waals surface area contributed by atoms with E-state index in [4.69, 9.17) is 14.2 Å². The molecular formula is C15H18BrFN2O7. The molecule has 0 bridgehead atoms. The number of hydrogen-bond donors (Lipinski definition) is 1. The van der Waals surface area contributed by atoms with Crippen LogP contribution in [-0.2, 0) is 23.8 Å². The van der Waals surface area contributed by atoms with Crippen molar-refractivity contribution in [1.29, 1.82) is 0 Å². The number of aromatic nitrogens is 2. The number of carbonyl (C=O) groups excluding carboxylic acids is 2. The van der Waals surface area contributed by atoms with E-state index >= 15 is 0 Å². The summed E-state index contributed by atoms with van der Waals surface area (Å²) in [6.07, 6.45) is -1.65. The number of ether oxygens (including phenoxy) is 3. The molecule has 0 spiro atoms. The van der Waals surface area contributed by atoms with Crippen LogP contribution in [0.3, 0.4) is 0 Å². The predicted octanol–water partition coefficient (Wildman–Crippen LogP) is 0.469. The third kappa shape index (κ3) is 4.21. The van der Waals surface area contributed by atoms with Gasteiger partial charge in [-0.2, -0.15) is 4.39 Å². The Morgan fingerprint density at radius 3 is 2.58 bits per heavy atom. The lowest BCUT2D eigenvalue weighted by atomic mass is 9.98. The first-order valence-electron chi connectivity index (χ1n) is 7.92.